The number of aromatic amines is 1. The number of carbonyl (C=O) groups excluding carboxylic acids is 2. The molecule has 0 aliphatic heterocycles. The number of amides is 2. The van der Waals surface area contributed by atoms with Crippen LogP contribution in [-0.2, 0) is 4.79 Å². The Bertz CT molecular complexity index is 726. The van der Waals surface area contributed by atoms with E-state index in [4.69, 9.17) is 10.5 Å². The first-order valence-electron chi connectivity index (χ1n) is 7.63. The lowest BCUT2D eigenvalue weighted by atomic mass is 10.2. The van der Waals surface area contributed by atoms with Crippen molar-refractivity contribution in [3.63, 3.8) is 0 Å². The Kier molecular flexibility index (Phi) is 5.78. The normalized spacial score (nSPS) is 10.2. The topological polar surface area (TPSA) is 122 Å². The lowest BCUT2D eigenvalue weighted by Gasteiger charge is -2.12. The number of hydrogen-bond acceptors (Lipinski definition) is 5. The monoisotopic (exact) mass is 331 g/mol. The molecule has 8 nitrogen and oxygen atoms in total. The molecule has 0 spiro atoms. The highest BCUT2D eigenvalue weighted by Gasteiger charge is 2.12. The minimum atomic E-state index is -0.382. The van der Waals surface area contributed by atoms with Crippen LogP contribution in [0.15, 0.2) is 24.3 Å². The molecule has 128 valence electrons. The van der Waals surface area contributed by atoms with Gasteiger partial charge in [-0.05, 0) is 24.6 Å². The molecule has 0 unspecified atom stereocenters. The van der Waals surface area contributed by atoms with E-state index >= 15 is 0 Å². The minimum absolute atomic E-state index is 0.0973. The van der Waals surface area contributed by atoms with Crippen molar-refractivity contribution in [3.05, 3.63) is 30.0 Å². The Morgan fingerprint density at radius 2 is 2.08 bits per heavy atom. The molecule has 2 aromatic rings. The Morgan fingerprint density at radius 3 is 2.71 bits per heavy atom. The van der Waals surface area contributed by atoms with E-state index in [9.17, 15) is 9.59 Å². The number of hydrogen-bond donors (Lipinski definition) is 4. The summed E-state index contributed by atoms with van der Waals surface area (Å²) in [5, 5.41) is 11.7. The summed E-state index contributed by atoms with van der Waals surface area (Å²) in [6, 6.07) is 6.43. The number of benzene rings is 1. The molecule has 0 saturated carbocycles. The summed E-state index contributed by atoms with van der Waals surface area (Å²) < 4.78 is 5.24. The number of rotatable bonds is 7. The number of H-pyrrole nitrogens is 1. The maximum Gasteiger partial charge on any atom is 0.273 e. The van der Waals surface area contributed by atoms with Gasteiger partial charge in [-0.15, -0.1) is 0 Å². The molecular weight excluding hydrogens is 310 g/mol. The van der Waals surface area contributed by atoms with E-state index in [0.29, 0.717) is 23.5 Å². The highest BCUT2D eigenvalue weighted by atomic mass is 16.5. The molecule has 0 aliphatic rings. The number of anilines is 3. The third-order valence-corrected chi connectivity index (χ3v) is 3.33. The summed E-state index contributed by atoms with van der Waals surface area (Å²) in [7, 11) is 1.52. The quantitative estimate of drug-likeness (QED) is 0.620. The van der Waals surface area contributed by atoms with Crippen molar-refractivity contribution in [3.8, 4) is 5.75 Å². The van der Waals surface area contributed by atoms with Crippen LogP contribution in [0, 0.1) is 0 Å². The van der Waals surface area contributed by atoms with Crippen LogP contribution in [0.1, 0.15) is 36.7 Å². The van der Waals surface area contributed by atoms with Crippen LogP contribution >= 0.6 is 0 Å². The third kappa shape index (κ3) is 4.48. The highest BCUT2D eigenvalue weighted by Crippen LogP contribution is 2.28. The van der Waals surface area contributed by atoms with E-state index in [1.165, 1.54) is 13.2 Å². The van der Waals surface area contributed by atoms with Gasteiger partial charge in [0.25, 0.3) is 5.91 Å². The van der Waals surface area contributed by atoms with Crippen LogP contribution in [0.3, 0.4) is 0 Å². The minimum Gasteiger partial charge on any atom is -0.495 e. The zero-order valence-corrected chi connectivity index (χ0v) is 13.7. The molecule has 0 aliphatic carbocycles. The van der Waals surface area contributed by atoms with Crippen molar-refractivity contribution in [2.45, 2.75) is 26.2 Å². The number of methoxy groups -OCH3 is 1. The number of unbranched alkanes of at least 4 members (excludes halogenated alkanes) is 1. The number of nitrogen functional groups attached to an aromatic ring is 1. The Balaban J connectivity index is 2.12. The average Bonchev–Trinajstić information content (AvgIpc) is 3.00. The van der Waals surface area contributed by atoms with Crippen molar-refractivity contribution in [2.24, 2.45) is 0 Å². The van der Waals surface area contributed by atoms with Crippen LogP contribution in [0.4, 0.5) is 17.2 Å². The summed E-state index contributed by atoms with van der Waals surface area (Å²) >= 11 is 0. The van der Waals surface area contributed by atoms with Crippen LogP contribution in [0.5, 0.6) is 5.75 Å². The number of ether oxygens (including phenoxy) is 1. The molecule has 0 fully saturated rings. The second-order valence-corrected chi connectivity index (χ2v) is 5.23. The Hall–Kier alpha value is -3.03. The average molecular weight is 331 g/mol. The van der Waals surface area contributed by atoms with Gasteiger partial charge in [-0.3, -0.25) is 14.7 Å². The van der Waals surface area contributed by atoms with Gasteiger partial charge >= 0.3 is 0 Å². The van der Waals surface area contributed by atoms with Crippen molar-refractivity contribution < 1.29 is 14.3 Å². The molecule has 0 saturated heterocycles. The maximum absolute atomic E-state index is 12.1. The van der Waals surface area contributed by atoms with Crippen LogP contribution in [-0.4, -0.2) is 29.1 Å². The fourth-order valence-corrected chi connectivity index (χ4v) is 2.09. The maximum atomic E-state index is 12.1. The van der Waals surface area contributed by atoms with Gasteiger partial charge in [0, 0.05) is 18.2 Å². The third-order valence-electron chi connectivity index (χ3n) is 3.33. The Morgan fingerprint density at radius 1 is 1.29 bits per heavy atom. The van der Waals surface area contributed by atoms with Gasteiger partial charge in [0.1, 0.15) is 17.3 Å². The molecule has 2 rings (SSSR count). The number of aromatic nitrogens is 2. The van der Waals surface area contributed by atoms with Gasteiger partial charge in [0.05, 0.1) is 12.8 Å². The van der Waals surface area contributed by atoms with Crippen LogP contribution in [0.25, 0.3) is 0 Å². The van der Waals surface area contributed by atoms with Crippen molar-refractivity contribution in [2.75, 3.05) is 23.5 Å². The van der Waals surface area contributed by atoms with Crippen molar-refractivity contribution >= 4 is 29.0 Å². The number of nitrogens with two attached hydrogens (primary N) is 1. The van der Waals surface area contributed by atoms with E-state index in [1.54, 1.807) is 18.2 Å². The molecule has 5 N–H and O–H groups in total. The molecule has 0 atom stereocenters. The van der Waals surface area contributed by atoms with Gasteiger partial charge < -0.3 is 21.1 Å². The van der Waals surface area contributed by atoms with E-state index < -0.39 is 0 Å². The van der Waals surface area contributed by atoms with E-state index in [1.807, 2.05) is 6.92 Å². The van der Waals surface area contributed by atoms with Gasteiger partial charge in [-0.25, -0.2) is 0 Å². The molecule has 1 aromatic carbocycles. The molecular formula is C16H21N5O3. The largest absolute Gasteiger partial charge is 0.495 e. The number of carbonyl (C=O) groups is 2. The van der Waals surface area contributed by atoms with E-state index in [2.05, 4.69) is 20.8 Å². The van der Waals surface area contributed by atoms with Gasteiger partial charge in [-0.2, -0.15) is 5.10 Å². The summed E-state index contributed by atoms with van der Waals surface area (Å²) in [5.74, 6) is 0.273. The lowest BCUT2D eigenvalue weighted by molar-refractivity contribution is -0.116. The zero-order chi connectivity index (χ0) is 17.5. The van der Waals surface area contributed by atoms with E-state index in [-0.39, 0.29) is 23.3 Å². The zero-order valence-electron chi connectivity index (χ0n) is 13.7. The molecule has 1 heterocycles. The van der Waals surface area contributed by atoms with Crippen LogP contribution in [0.2, 0.25) is 0 Å². The summed E-state index contributed by atoms with van der Waals surface area (Å²) in [6.07, 6.45) is 2.18. The number of nitrogens with zero attached hydrogens (tertiary/aromatic N) is 1. The summed E-state index contributed by atoms with van der Waals surface area (Å²) in [4.78, 5) is 24.0. The standard InChI is InChI=1S/C16H21N5O3/c1-3-4-5-15(22)19-11-8-10(6-7-13(11)24-2)18-16(23)12-9-14(17)21-20-12/h6-9H,3-5H2,1-2H3,(H,18,23)(H,19,22)(H3,17,20,21). The van der Waals surface area contributed by atoms with E-state index in [0.717, 1.165) is 12.8 Å². The lowest BCUT2D eigenvalue weighted by Crippen LogP contribution is -2.14. The molecule has 2 amide bonds. The predicted molar refractivity (Wildman–Crippen MR) is 92.1 cm³/mol. The molecule has 8 heteroatoms. The Labute approximate surface area is 139 Å². The second-order valence-electron chi connectivity index (χ2n) is 5.23. The summed E-state index contributed by atoms with van der Waals surface area (Å²) in [5.41, 5.74) is 6.74. The smallest absolute Gasteiger partial charge is 0.273 e. The van der Waals surface area contributed by atoms with Gasteiger partial charge in [0.15, 0.2) is 0 Å². The fraction of sp³-hybridized carbons (Fsp3) is 0.312. The predicted octanol–water partition coefficient (Wildman–Crippen LogP) is 2.38. The molecule has 1 aromatic heterocycles. The number of nitrogens with one attached hydrogen (secondary N) is 3. The van der Waals surface area contributed by atoms with Gasteiger partial charge in [-0.1, -0.05) is 13.3 Å². The molecule has 0 bridgehead atoms. The van der Waals surface area contributed by atoms with Crippen molar-refractivity contribution in [1.82, 2.24) is 10.2 Å². The van der Waals surface area contributed by atoms with Crippen molar-refractivity contribution in [1.29, 1.82) is 0 Å². The molecule has 0 radical (unpaired) electrons. The fourth-order valence-electron chi connectivity index (χ4n) is 2.09. The molecule has 24 heavy (non-hydrogen) atoms. The summed E-state index contributed by atoms with van der Waals surface area (Å²) in [6.45, 7) is 2.02. The first kappa shape index (κ1) is 17.3. The first-order valence-corrected chi connectivity index (χ1v) is 7.63. The SMILES string of the molecule is CCCCC(=O)Nc1cc(NC(=O)c2cc(N)n[nH]2)ccc1OC. The van der Waals surface area contributed by atoms with Gasteiger partial charge in [0.2, 0.25) is 5.91 Å². The highest BCUT2D eigenvalue weighted by molar-refractivity contribution is 6.04. The van der Waals surface area contributed by atoms with Crippen LogP contribution < -0.4 is 21.1 Å². The first-order chi connectivity index (χ1) is 11.5. The second kappa shape index (κ2) is 8.00.